The van der Waals surface area contributed by atoms with Gasteiger partial charge in [0, 0.05) is 32.1 Å². The topological polar surface area (TPSA) is 52.8 Å². The van der Waals surface area contributed by atoms with Crippen LogP contribution in [0.4, 0.5) is 0 Å². The van der Waals surface area contributed by atoms with Crippen molar-refractivity contribution < 1.29 is 4.42 Å². The molecule has 1 aromatic heterocycles. The highest BCUT2D eigenvalue weighted by Crippen LogP contribution is 2.10. The zero-order valence-corrected chi connectivity index (χ0v) is 15.2. The maximum atomic E-state index is 5.38. The van der Waals surface area contributed by atoms with E-state index < -0.39 is 0 Å². The quantitative estimate of drug-likeness (QED) is 0.437. The van der Waals surface area contributed by atoms with Crippen LogP contribution in [0.15, 0.2) is 40.0 Å². The lowest BCUT2D eigenvalue weighted by atomic mass is 10.1. The number of nitrogens with zero attached hydrogens (tertiary/aromatic N) is 2. The van der Waals surface area contributed by atoms with E-state index in [1.807, 2.05) is 19.1 Å². The molecule has 1 aliphatic heterocycles. The molecule has 1 fully saturated rings. The molecule has 0 bridgehead atoms. The first-order valence-electron chi connectivity index (χ1n) is 9.11. The fraction of sp³-hybridized carbons (Fsp3) is 0.632. The van der Waals surface area contributed by atoms with Gasteiger partial charge in [-0.3, -0.25) is 0 Å². The SMILES string of the molecule is C=C(C)CN=C(NCCc1ccco1)NC1CCN(CCC)CC1. The Labute approximate surface area is 146 Å². The molecule has 0 unspecified atom stereocenters. The average Bonchev–Trinajstić information content (AvgIpc) is 3.08. The molecule has 2 heterocycles. The summed E-state index contributed by atoms with van der Waals surface area (Å²) in [5.74, 6) is 1.88. The lowest BCUT2D eigenvalue weighted by Crippen LogP contribution is -2.49. The molecule has 0 radical (unpaired) electrons. The van der Waals surface area contributed by atoms with E-state index in [1.54, 1.807) is 6.26 Å². The average molecular weight is 332 g/mol. The molecule has 2 N–H and O–H groups in total. The molecule has 2 rings (SSSR count). The molecule has 0 atom stereocenters. The van der Waals surface area contributed by atoms with Crippen LogP contribution in [0.2, 0.25) is 0 Å². The van der Waals surface area contributed by atoms with Gasteiger partial charge in [0.1, 0.15) is 5.76 Å². The zero-order valence-electron chi connectivity index (χ0n) is 15.2. The molecule has 5 nitrogen and oxygen atoms in total. The summed E-state index contributed by atoms with van der Waals surface area (Å²) in [4.78, 5) is 7.19. The molecule has 0 saturated carbocycles. The Kier molecular flexibility index (Phi) is 7.89. The summed E-state index contributed by atoms with van der Waals surface area (Å²) in [6, 6.07) is 4.43. The number of rotatable bonds is 8. The molecule has 0 aromatic carbocycles. The van der Waals surface area contributed by atoms with Gasteiger partial charge in [-0.15, -0.1) is 0 Å². The molecule has 1 aromatic rings. The maximum Gasteiger partial charge on any atom is 0.191 e. The predicted octanol–water partition coefficient (Wildman–Crippen LogP) is 2.81. The first-order chi connectivity index (χ1) is 11.7. The van der Waals surface area contributed by atoms with Gasteiger partial charge >= 0.3 is 0 Å². The van der Waals surface area contributed by atoms with Crippen molar-refractivity contribution in [3.8, 4) is 0 Å². The molecule has 1 saturated heterocycles. The monoisotopic (exact) mass is 332 g/mol. The largest absolute Gasteiger partial charge is 0.469 e. The van der Waals surface area contributed by atoms with Crippen LogP contribution in [0.25, 0.3) is 0 Å². The standard InChI is InChI=1S/C19H32N4O/c1-4-11-23-12-8-17(9-13-23)22-19(21-15-16(2)3)20-10-7-18-6-5-14-24-18/h5-6,14,17H,2,4,7-13,15H2,1,3H3,(H2,20,21,22). The van der Waals surface area contributed by atoms with E-state index in [0.717, 1.165) is 30.3 Å². The summed E-state index contributed by atoms with van der Waals surface area (Å²) in [7, 11) is 0. The van der Waals surface area contributed by atoms with Crippen molar-refractivity contribution in [1.82, 2.24) is 15.5 Å². The lowest BCUT2D eigenvalue weighted by Gasteiger charge is -2.32. The van der Waals surface area contributed by atoms with E-state index >= 15 is 0 Å². The Balaban J connectivity index is 1.80. The fourth-order valence-corrected chi connectivity index (χ4v) is 2.94. The molecule has 134 valence electrons. The van der Waals surface area contributed by atoms with Crippen LogP contribution in [-0.4, -0.2) is 49.6 Å². The normalized spacial score (nSPS) is 17.0. The van der Waals surface area contributed by atoms with Crippen LogP contribution >= 0.6 is 0 Å². The van der Waals surface area contributed by atoms with Gasteiger partial charge in [0.05, 0.1) is 12.8 Å². The third-order valence-electron chi connectivity index (χ3n) is 4.22. The minimum absolute atomic E-state index is 0.498. The van der Waals surface area contributed by atoms with Gasteiger partial charge in [0.15, 0.2) is 5.96 Å². The van der Waals surface area contributed by atoms with Crippen LogP contribution in [-0.2, 0) is 6.42 Å². The Morgan fingerprint density at radius 1 is 1.42 bits per heavy atom. The van der Waals surface area contributed by atoms with E-state index in [0.29, 0.717) is 12.6 Å². The molecule has 5 heteroatoms. The first-order valence-corrected chi connectivity index (χ1v) is 9.11. The Bertz CT molecular complexity index is 501. The second kappa shape index (κ2) is 10.2. The van der Waals surface area contributed by atoms with Gasteiger partial charge in [0.25, 0.3) is 0 Å². The number of hydrogen-bond donors (Lipinski definition) is 2. The van der Waals surface area contributed by atoms with Crippen molar-refractivity contribution in [2.45, 2.75) is 45.6 Å². The summed E-state index contributed by atoms with van der Waals surface area (Å²) in [6.07, 6.45) is 6.15. The van der Waals surface area contributed by atoms with E-state index in [2.05, 4.69) is 34.0 Å². The summed E-state index contributed by atoms with van der Waals surface area (Å²) in [6.45, 7) is 13.2. The number of aliphatic imine (C=N–C) groups is 1. The highest BCUT2D eigenvalue weighted by molar-refractivity contribution is 5.80. The van der Waals surface area contributed by atoms with Crippen molar-refractivity contribution >= 4 is 5.96 Å². The van der Waals surface area contributed by atoms with E-state index in [-0.39, 0.29) is 0 Å². The first kappa shape index (κ1) is 18.6. The van der Waals surface area contributed by atoms with E-state index in [4.69, 9.17) is 4.42 Å². The summed E-state index contributed by atoms with van der Waals surface area (Å²) < 4.78 is 5.38. The van der Waals surface area contributed by atoms with Crippen molar-refractivity contribution in [1.29, 1.82) is 0 Å². The summed E-state index contributed by atoms with van der Waals surface area (Å²) in [5, 5.41) is 7.02. The number of hydrogen-bond acceptors (Lipinski definition) is 3. The molecular formula is C19H32N4O. The predicted molar refractivity (Wildman–Crippen MR) is 100 cm³/mol. The molecule has 24 heavy (non-hydrogen) atoms. The summed E-state index contributed by atoms with van der Waals surface area (Å²) >= 11 is 0. The van der Waals surface area contributed by atoms with Crippen LogP contribution in [0.1, 0.15) is 38.9 Å². The summed E-state index contributed by atoms with van der Waals surface area (Å²) in [5.41, 5.74) is 1.07. The lowest BCUT2D eigenvalue weighted by molar-refractivity contribution is 0.206. The van der Waals surface area contributed by atoms with Crippen LogP contribution in [0.5, 0.6) is 0 Å². The highest BCUT2D eigenvalue weighted by Gasteiger charge is 2.19. The second-order valence-corrected chi connectivity index (χ2v) is 6.64. The van der Waals surface area contributed by atoms with Gasteiger partial charge in [-0.25, -0.2) is 4.99 Å². The van der Waals surface area contributed by atoms with Crippen molar-refractivity contribution in [2.24, 2.45) is 4.99 Å². The van der Waals surface area contributed by atoms with Gasteiger partial charge in [-0.1, -0.05) is 19.1 Å². The molecular weight excluding hydrogens is 300 g/mol. The van der Waals surface area contributed by atoms with Crippen molar-refractivity contribution in [3.05, 3.63) is 36.3 Å². The number of piperidine rings is 1. The number of likely N-dealkylation sites (tertiary alicyclic amines) is 1. The van der Waals surface area contributed by atoms with Crippen LogP contribution < -0.4 is 10.6 Å². The van der Waals surface area contributed by atoms with Gasteiger partial charge in [-0.2, -0.15) is 0 Å². The van der Waals surface area contributed by atoms with Crippen molar-refractivity contribution in [2.75, 3.05) is 32.7 Å². The highest BCUT2D eigenvalue weighted by atomic mass is 16.3. The number of furan rings is 1. The van der Waals surface area contributed by atoms with Crippen molar-refractivity contribution in [3.63, 3.8) is 0 Å². The molecule has 0 amide bonds. The minimum atomic E-state index is 0.498. The van der Waals surface area contributed by atoms with E-state index in [9.17, 15) is 0 Å². The van der Waals surface area contributed by atoms with Gasteiger partial charge in [-0.05, 0) is 44.9 Å². The third-order valence-corrected chi connectivity index (χ3v) is 4.22. The Morgan fingerprint density at radius 3 is 2.83 bits per heavy atom. The Morgan fingerprint density at radius 2 is 2.21 bits per heavy atom. The van der Waals surface area contributed by atoms with Gasteiger partial charge < -0.3 is 20.0 Å². The smallest absolute Gasteiger partial charge is 0.191 e. The van der Waals surface area contributed by atoms with E-state index in [1.165, 1.54) is 38.9 Å². The molecule has 1 aliphatic rings. The van der Waals surface area contributed by atoms with Crippen LogP contribution in [0.3, 0.4) is 0 Å². The third kappa shape index (κ3) is 6.79. The number of nitrogens with one attached hydrogen (secondary N) is 2. The van der Waals surface area contributed by atoms with Crippen LogP contribution in [0, 0.1) is 0 Å². The Hall–Kier alpha value is -1.75. The zero-order chi connectivity index (χ0) is 17.2. The maximum absolute atomic E-state index is 5.38. The number of guanidine groups is 1. The van der Waals surface area contributed by atoms with Gasteiger partial charge in [0.2, 0.25) is 0 Å². The second-order valence-electron chi connectivity index (χ2n) is 6.64. The fourth-order valence-electron chi connectivity index (χ4n) is 2.94. The molecule has 0 spiro atoms. The minimum Gasteiger partial charge on any atom is -0.469 e. The molecule has 0 aliphatic carbocycles.